The van der Waals surface area contributed by atoms with Gasteiger partial charge in [-0.3, -0.25) is 4.98 Å². The van der Waals surface area contributed by atoms with E-state index in [2.05, 4.69) is 14.3 Å². The van der Waals surface area contributed by atoms with E-state index in [0.29, 0.717) is 6.54 Å². The summed E-state index contributed by atoms with van der Waals surface area (Å²) in [5.41, 5.74) is 3.08. The predicted octanol–water partition coefficient (Wildman–Crippen LogP) is 5.66. The zero-order chi connectivity index (χ0) is 24.9. The van der Waals surface area contributed by atoms with E-state index in [4.69, 9.17) is 4.74 Å². The lowest BCUT2D eigenvalue weighted by Crippen LogP contribution is -2.25. The molecule has 0 saturated carbocycles. The lowest BCUT2D eigenvalue weighted by molar-refractivity contribution is -0.108. The Morgan fingerprint density at radius 2 is 1.94 bits per heavy atom. The third-order valence-corrected chi connectivity index (χ3v) is 8.17. The van der Waals surface area contributed by atoms with Crippen LogP contribution in [0.5, 0.6) is 0 Å². The largest absolute Gasteiger partial charge is 0.442 e. The number of aldehydes is 1. The summed E-state index contributed by atoms with van der Waals surface area (Å²) in [6, 6.07) is 13.7. The van der Waals surface area contributed by atoms with Gasteiger partial charge in [-0.05, 0) is 62.3 Å². The number of aromatic nitrogens is 2. The van der Waals surface area contributed by atoms with Gasteiger partial charge in [-0.15, -0.1) is 4.36 Å². The average molecular weight is 499 g/mol. The fraction of sp³-hybridized carbons (Fsp3) is 0.360. The predicted molar refractivity (Wildman–Crippen MR) is 139 cm³/mol. The van der Waals surface area contributed by atoms with Gasteiger partial charge in [0.25, 0.3) is 0 Å². The number of thiazole rings is 1. The molecular weight excluding hydrogens is 468 g/mol. The van der Waals surface area contributed by atoms with Crippen molar-refractivity contribution in [2.24, 2.45) is 4.36 Å². The van der Waals surface area contributed by atoms with E-state index in [9.17, 15) is 9.59 Å². The number of benzene rings is 1. The molecule has 0 N–H and O–H groups in total. The molecule has 1 amide bonds. The quantitative estimate of drug-likeness (QED) is 0.391. The lowest BCUT2D eigenvalue weighted by atomic mass is 9.98. The number of carbonyl (C=O) groups excluding carboxylic acids is 2. The van der Waals surface area contributed by atoms with Crippen LogP contribution in [0, 0.1) is 6.92 Å². The molecule has 3 rings (SSSR count). The van der Waals surface area contributed by atoms with E-state index in [1.54, 1.807) is 6.20 Å². The van der Waals surface area contributed by atoms with Crippen molar-refractivity contribution in [2.45, 2.75) is 43.4 Å². The molecule has 3 aromatic rings. The number of ether oxygens (including phenoxy) is 1. The van der Waals surface area contributed by atoms with Gasteiger partial charge in [-0.2, -0.15) is 0 Å². The second kappa shape index (κ2) is 11.0. The highest BCUT2D eigenvalue weighted by Gasteiger charge is 2.20. The summed E-state index contributed by atoms with van der Waals surface area (Å²) in [5, 5.41) is 0.781. The molecule has 7 nitrogen and oxygen atoms in total. The van der Waals surface area contributed by atoms with Crippen molar-refractivity contribution in [1.82, 2.24) is 9.97 Å². The number of hydrogen-bond acceptors (Lipinski definition) is 7. The number of hydrogen-bond donors (Lipinski definition) is 0. The first kappa shape index (κ1) is 25.7. The molecule has 0 aliphatic rings. The fourth-order valence-corrected chi connectivity index (χ4v) is 5.68. The van der Waals surface area contributed by atoms with Crippen LogP contribution in [-0.2, 0) is 20.2 Å². The summed E-state index contributed by atoms with van der Waals surface area (Å²) >= 11 is 1.48. The number of nitrogens with zero attached hydrogens (tertiary/aromatic N) is 4. The molecule has 0 radical (unpaired) electrons. The van der Waals surface area contributed by atoms with E-state index in [1.807, 2.05) is 88.4 Å². The van der Waals surface area contributed by atoms with Crippen LogP contribution in [0.3, 0.4) is 0 Å². The first-order valence-electron chi connectivity index (χ1n) is 10.8. The SMILES string of the molecule is Cc1nc(N(C)CC(C=O)c2ccc(-c3ccccn3)cc2)sc1S(C)=NC(=O)OC(C)(C)C. The Labute approximate surface area is 207 Å². The third kappa shape index (κ3) is 6.80. The smallest absolute Gasteiger partial charge is 0.440 e. The number of carbonyl (C=O) groups is 2. The fourth-order valence-electron chi connectivity index (χ4n) is 3.27. The van der Waals surface area contributed by atoms with Crippen LogP contribution < -0.4 is 4.90 Å². The highest BCUT2D eigenvalue weighted by molar-refractivity contribution is 7.89. The van der Waals surface area contributed by atoms with E-state index < -0.39 is 22.4 Å². The lowest BCUT2D eigenvalue weighted by Gasteiger charge is -2.20. The molecule has 34 heavy (non-hydrogen) atoms. The van der Waals surface area contributed by atoms with Crippen molar-refractivity contribution in [2.75, 3.05) is 24.7 Å². The van der Waals surface area contributed by atoms with Crippen molar-refractivity contribution < 1.29 is 14.3 Å². The average Bonchev–Trinajstić information content (AvgIpc) is 3.18. The molecule has 180 valence electrons. The van der Waals surface area contributed by atoms with Crippen molar-refractivity contribution in [1.29, 1.82) is 0 Å². The summed E-state index contributed by atoms with van der Waals surface area (Å²) in [4.78, 5) is 35.0. The van der Waals surface area contributed by atoms with Gasteiger partial charge in [0.2, 0.25) is 0 Å². The van der Waals surface area contributed by atoms with Gasteiger partial charge in [0.15, 0.2) is 5.13 Å². The first-order chi connectivity index (χ1) is 16.1. The molecule has 0 aliphatic carbocycles. The molecule has 0 spiro atoms. The maximum absolute atomic E-state index is 12.1. The molecule has 2 unspecified atom stereocenters. The molecule has 2 aromatic heterocycles. The number of amides is 1. The van der Waals surface area contributed by atoms with Gasteiger partial charge in [-0.25, -0.2) is 9.78 Å². The number of anilines is 1. The van der Waals surface area contributed by atoms with Crippen LogP contribution in [0.4, 0.5) is 9.93 Å². The van der Waals surface area contributed by atoms with Gasteiger partial charge in [0.05, 0.1) is 21.5 Å². The Morgan fingerprint density at radius 1 is 1.24 bits per heavy atom. The highest BCUT2D eigenvalue weighted by Crippen LogP contribution is 2.30. The van der Waals surface area contributed by atoms with E-state index in [1.165, 1.54) is 11.3 Å². The Bertz CT molecular complexity index is 1170. The first-order valence-corrected chi connectivity index (χ1v) is 13.2. The molecule has 0 fully saturated rings. The standard InChI is InChI=1S/C25H30N4O3S2/c1-17-22(34(6)28-24(31)32-25(2,3)4)33-23(27-17)29(5)15-20(16-30)18-10-12-19(13-11-18)21-9-7-8-14-26-21/h7-14,16,20H,15H2,1-6H3. The van der Waals surface area contributed by atoms with Crippen molar-refractivity contribution in [3.63, 3.8) is 0 Å². The van der Waals surface area contributed by atoms with Crippen LogP contribution in [0.15, 0.2) is 57.2 Å². The van der Waals surface area contributed by atoms with Crippen LogP contribution in [-0.4, -0.2) is 47.8 Å². The minimum atomic E-state index is -0.673. The summed E-state index contributed by atoms with van der Waals surface area (Å²) in [6.45, 7) is 7.84. The Balaban J connectivity index is 1.72. The monoisotopic (exact) mass is 498 g/mol. The molecule has 9 heteroatoms. The Morgan fingerprint density at radius 3 is 2.53 bits per heavy atom. The van der Waals surface area contributed by atoms with Crippen molar-refractivity contribution in [3.05, 3.63) is 59.9 Å². The Hall–Kier alpha value is -2.91. The van der Waals surface area contributed by atoms with E-state index in [0.717, 1.165) is 38.1 Å². The highest BCUT2D eigenvalue weighted by atomic mass is 32.2. The molecule has 0 saturated heterocycles. The molecule has 2 heterocycles. The minimum Gasteiger partial charge on any atom is -0.442 e. The van der Waals surface area contributed by atoms with Gasteiger partial charge in [0, 0.05) is 25.4 Å². The van der Waals surface area contributed by atoms with Crippen molar-refractivity contribution in [3.8, 4) is 11.3 Å². The zero-order valence-corrected chi connectivity index (χ0v) is 21.9. The number of rotatable bonds is 7. The van der Waals surface area contributed by atoms with Crippen LogP contribution in [0.25, 0.3) is 11.3 Å². The van der Waals surface area contributed by atoms with Gasteiger partial charge < -0.3 is 14.4 Å². The normalized spacial score (nSPS) is 13.4. The summed E-state index contributed by atoms with van der Waals surface area (Å²) in [6.07, 6.45) is 4.04. The van der Waals surface area contributed by atoms with Crippen molar-refractivity contribution >= 4 is 39.5 Å². The summed E-state index contributed by atoms with van der Waals surface area (Å²) in [7, 11) is 1.24. The van der Waals surface area contributed by atoms with Gasteiger partial charge in [0.1, 0.15) is 11.9 Å². The van der Waals surface area contributed by atoms with E-state index >= 15 is 0 Å². The molecule has 0 bridgehead atoms. The second-order valence-corrected chi connectivity index (χ2v) is 11.7. The van der Waals surface area contributed by atoms with Crippen LogP contribution in [0.1, 0.15) is 37.9 Å². The van der Waals surface area contributed by atoms with Gasteiger partial charge in [-0.1, -0.05) is 41.7 Å². The van der Waals surface area contributed by atoms with Gasteiger partial charge >= 0.3 is 6.09 Å². The Kier molecular flexibility index (Phi) is 8.33. The molecule has 2 atom stereocenters. The van der Waals surface area contributed by atoms with Crippen LogP contribution in [0.2, 0.25) is 0 Å². The number of aryl methyl sites for hydroxylation is 1. The maximum atomic E-state index is 12.1. The van der Waals surface area contributed by atoms with E-state index in [-0.39, 0.29) is 5.92 Å². The summed E-state index contributed by atoms with van der Waals surface area (Å²) < 4.78 is 10.4. The number of pyridine rings is 1. The number of likely N-dealkylation sites (N-methyl/N-ethyl adjacent to an activating group) is 1. The zero-order valence-electron chi connectivity index (χ0n) is 20.3. The van der Waals surface area contributed by atoms with Crippen LogP contribution >= 0.6 is 11.3 Å². The third-order valence-electron chi connectivity index (χ3n) is 4.88. The topological polar surface area (TPSA) is 84.8 Å². The maximum Gasteiger partial charge on any atom is 0.440 e. The summed E-state index contributed by atoms with van der Waals surface area (Å²) in [5.74, 6) is -0.304. The molecular formula is C25H30N4O3S2. The second-order valence-electron chi connectivity index (χ2n) is 8.88. The molecule has 0 aliphatic heterocycles. The minimum absolute atomic E-state index is 0.304. The molecule has 1 aromatic carbocycles.